The number of aromatic nitrogens is 1. The van der Waals surface area contributed by atoms with Gasteiger partial charge in [-0.3, -0.25) is 14.1 Å². The van der Waals surface area contributed by atoms with E-state index in [1.54, 1.807) is 7.11 Å². The number of alkyl carbamates (subject to hydrolysis) is 1. The predicted molar refractivity (Wildman–Crippen MR) is 235 cm³/mol. The van der Waals surface area contributed by atoms with E-state index >= 15 is 0 Å². The number of carbonyl (C=O) groups excluding carboxylic acids is 1. The number of amides is 1. The van der Waals surface area contributed by atoms with Crippen molar-refractivity contribution >= 4 is 27.8 Å². The minimum Gasteiger partial charge on any atom is -0.497 e. The summed E-state index contributed by atoms with van der Waals surface area (Å²) in [6.45, 7) is 4.31. The number of nitrogens with zero attached hydrogens (tertiary/aromatic N) is 2. The summed E-state index contributed by atoms with van der Waals surface area (Å²) in [6, 6.07) is 8.19. The number of unbranched alkanes of at least 4 members (excludes halogenated alkanes) is 15. The molecule has 6 atom stereocenters. The minimum absolute atomic E-state index is 0.0985. The maximum atomic E-state index is 14.1. The van der Waals surface area contributed by atoms with Gasteiger partial charge in [-0.25, -0.2) is 4.79 Å². The zero-order valence-electron chi connectivity index (χ0n) is 35.9. The van der Waals surface area contributed by atoms with Crippen LogP contribution in [0.25, 0.3) is 10.9 Å². The molecule has 9 rings (SSSR count). The first-order chi connectivity index (χ1) is 27.9. The average molecular weight is 804 g/mol. The third-order valence-corrected chi connectivity index (χ3v) is 16.6. The van der Waals surface area contributed by atoms with E-state index in [1.807, 2.05) is 18.3 Å². The number of benzene rings is 1. The van der Waals surface area contributed by atoms with Gasteiger partial charge in [-0.1, -0.05) is 103 Å². The summed E-state index contributed by atoms with van der Waals surface area (Å²) in [6.07, 6.45) is 33.6. The first-order valence-corrected chi connectivity index (χ1v) is 25.4. The van der Waals surface area contributed by atoms with Crippen molar-refractivity contribution in [2.24, 2.45) is 29.6 Å². The van der Waals surface area contributed by atoms with E-state index in [-0.39, 0.29) is 17.7 Å². The Hall–Kier alpha value is -2.19. The summed E-state index contributed by atoms with van der Waals surface area (Å²) in [5.41, 5.74) is 1.82. The highest BCUT2D eigenvalue weighted by Crippen LogP contribution is 2.56. The molecule has 318 valence electrons. The zero-order valence-corrected chi connectivity index (χ0v) is 36.7. The molecule has 4 aliphatic carbocycles. The van der Waals surface area contributed by atoms with Crippen molar-refractivity contribution in [3.63, 3.8) is 0 Å². The number of carbonyl (C=O) groups is 1. The third-order valence-electron chi connectivity index (χ3n) is 15.2. The lowest BCUT2D eigenvalue weighted by Crippen LogP contribution is -2.60. The van der Waals surface area contributed by atoms with Gasteiger partial charge in [-0.15, -0.1) is 0 Å². The Balaban J connectivity index is 0.855. The lowest BCUT2D eigenvalue weighted by Gasteiger charge is -2.56. The van der Waals surface area contributed by atoms with Crippen molar-refractivity contribution in [3.8, 4) is 5.75 Å². The van der Waals surface area contributed by atoms with Crippen molar-refractivity contribution in [1.82, 2.24) is 15.2 Å². The smallest absolute Gasteiger partial charge is 0.408 e. The Morgan fingerprint density at radius 3 is 2.04 bits per heavy atom. The van der Waals surface area contributed by atoms with Crippen molar-refractivity contribution < 1.29 is 18.5 Å². The molecular formula is C49H77N3O4S. The molecule has 1 N–H and O–H groups in total. The maximum absolute atomic E-state index is 14.1. The number of nitrogens with one attached hydrogen (secondary N) is 1. The molecule has 4 heterocycles. The molecule has 1 aromatic heterocycles. The average Bonchev–Trinajstić information content (AvgIpc) is 3.21. The van der Waals surface area contributed by atoms with Crippen LogP contribution in [0, 0.1) is 29.6 Å². The van der Waals surface area contributed by atoms with Crippen molar-refractivity contribution in [3.05, 3.63) is 36.0 Å². The molecule has 0 spiro atoms. The van der Waals surface area contributed by atoms with Crippen LogP contribution in [0.5, 0.6) is 5.75 Å². The van der Waals surface area contributed by atoms with Crippen molar-refractivity contribution in [2.75, 3.05) is 31.7 Å². The molecule has 3 aliphatic heterocycles. The molecule has 7 fully saturated rings. The van der Waals surface area contributed by atoms with E-state index in [0.717, 1.165) is 103 Å². The second-order valence-electron chi connectivity index (χ2n) is 19.5. The van der Waals surface area contributed by atoms with Crippen molar-refractivity contribution in [2.45, 2.75) is 185 Å². The molecular weight excluding hydrogens is 727 g/mol. The number of pyridine rings is 1. The van der Waals surface area contributed by atoms with Gasteiger partial charge in [0.05, 0.1) is 18.7 Å². The molecule has 1 amide bonds. The SMILES string of the molecule is CCCCCCCCCCCCCCCCCCS(=O)CC[C@H]1CN2CC[C@H]1C[C@H]2[C@H](OC(=O)NC12CC3CC(CC(C3)C1)C2)c1ccnc2ccc(OC)cc12. The molecule has 2 unspecified atom stereocenters. The largest absolute Gasteiger partial charge is 0.497 e. The van der Waals surface area contributed by atoms with Crippen LogP contribution in [0.4, 0.5) is 4.79 Å². The molecule has 1 aromatic carbocycles. The molecule has 7 aliphatic rings. The Kier molecular flexibility index (Phi) is 16.1. The summed E-state index contributed by atoms with van der Waals surface area (Å²) in [5, 5.41) is 4.51. The molecule has 7 nitrogen and oxygen atoms in total. The van der Waals surface area contributed by atoms with E-state index in [0.29, 0.717) is 11.8 Å². The fraction of sp³-hybridized carbons (Fsp3) is 0.796. The zero-order chi connectivity index (χ0) is 39.5. The number of fused-ring (bicyclic) bond motifs is 4. The molecule has 6 bridgehead atoms. The van der Waals surface area contributed by atoms with Gasteiger partial charge in [0.25, 0.3) is 0 Å². The van der Waals surface area contributed by atoms with Crippen LogP contribution in [-0.4, -0.2) is 63.5 Å². The summed E-state index contributed by atoms with van der Waals surface area (Å²) in [4.78, 5) is 21.4. The highest BCUT2D eigenvalue weighted by atomic mass is 32.2. The quantitative estimate of drug-likeness (QED) is 0.101. The van der Waals surface area contributed by atoms with Crippen LogP contribution in [0.15, 0.2) is 30.5 Å². The van der Waals surface area contributed by atoms with Crippen molar-refractivity contribution in [1.29, 1.82) is 0 Å². The first-order valence-electron chi connectivity index (χ1n) is 23.9. The number of hydrogen-bond acceptors (Lipinski definition) is 6. The second-order valence-corrected chi connectivity index (χ2v) is 21.2. The van der Waals surface area contributed by atoms with E-state index in [9.17, 15) is 9.00 Å². The molecule has 57 heavy (non-hydrogen) atoms. The molecule has 0 radical (unpaired) electrons. The Morgan fingerprint density at radius 2 is 1.46 bits per heavy atom. The van der Waals surface area contributed by atoms with Crippen LogP contribution in [-0.2, 0) is 15.5 Å². The Morgan fingerprint density at radius 1 is 0.842 bits per heavy atom. The third kappa shape index (κ3) is 11.8. The maximum Gasteiger partial charge on any atom is 0.408 e. The second kappa shape index (κ2) is 21.4. The first kappa shape index (κ1) is 42.9. The molecule has 2 aromatic rings. The van der Waals surface area contributed by atoms with Gasteiger partial charge in [0.15, 0.2) is 0 Å². The number of rotatable bonds is 25. The number of ether oxygens (including phenoxy) is 2. The van der Waals surface area contributed by atoms with Gasteiger partial charge < -0.3 is 14.8 Å². The lowest BCUT2D eigenvalue weighted by molar-refractivity contribution is -0.0661. The van der Waals surface area contributed by atoms with Crippen LogP contribution in [0.2, 0.25) is 0 Å². The fourth-order valence-corrected chi connectivity index (χ4v) is 13.8. The van der Waals surface area contributed by atoms with E-state index in [2.05, 4.69) is 34.3 Å². The highest BCUT2D eigenvalue weighted by molar-refractivity contribution is 7.84. The Labute approximate surface area is 348 Å². The molecule has 4 saturated carbocycles. The van der Waals surface area contributed by atoms with Gasteiger partial charge in [-0.2, -0.15) is 0 Å². The predicted octanol–water partition coefficient (Wildman–Crippen LogP) is 12.1. The number of hydrogen-bond donors (Lipinski definition) is 1. The molecule has 8 heteroatoms. The highest BCUT2D eigenvalue weighted by Gasteiger charge is 2.52. The number of methoxy groups -OCH3 is 1. The number of piperidine rings is 3. The van der Waals surface area contributed by atoms with Gasteiger partial charge in [0.2, 0.25) is 0 Å². The van der Waals surface area contributed by atoms with Crippen LogP contribution in [0.1, 0.15) is 179 Å². The minimum atomic E-state index is -0.737. The summed E-state index contributed by atoms with van der Waals surface area (Å²) in [5.74, 6) is 5.84. The lowest BCUT2D eigenvalue weighted by atomic mass is 9.53. The monoisotopic (exact) mass is 804 g/mol. The molecule has 3 saturated heterocycles. The van der Waals surface area contributed by atoms with Crippen LogP contribution >= 0.6 is 0 Å². The Bertz CT molecular complexity index is 1550. The van der Waals surface area contributed by atoms with E-state index in [4.69, 9.17) is 9.47 Å². The summed E-state index contributed by atoms with van der Waals surface area (Å²) < 4.78 is 25.5. The van der Waals surface area contributed by atoms with E-state index < -0.39 is 16.9 Å². The standard InChI is InChI=1S/C49H77N3O4S/c1-3-4-5-6-7-8-9-10-11-12-13-14-15-16-17-18-26-57(54)27-23-41-36-52-25-22-40(41)31-46(52)47(43-21-24-50-45-20-19-42(55-2)32-44(43)45)56-48(53)51-49-33-37-28-38(34-49)30-39(29-37)35-49/h19-21,24,32,37-41,46-47H,3-18,22-23,25-31,33-36H2,1-2H3,(H,51,53)/t37?,38?,39?,40-,41-,46-,47+,49?,57?/m0/s1. The van der Waals surface area contributed by atoms with Crippen LogP contribution in [0.3, 0.4) is 0 Å². The van der Waals surface area contributed by atoms with Gasteiger partial charge in [0.1, 0.15) is 11.9 Å². The topological polar surface area (TPSA) is 80.8 Å². The normalized spacial score (nSPS) is 29.8. The van der Waals surface area contributed by atoms with E-state index in [1.165, 1.54) is 122 Å². The fourth-order valence-electron chi connectivity index (χ4n) is 12.5. The van der Waals surface area contributed by atoms with Crippen LogP contribution < -0.4 is 10.1 Å². The summed E-state index contributed by atoms with van der Waals surface area (Å²) >= 11 is 0. The van der Waals surface area contributed by atoms with Gasteiger partial charge in [0, 0.05) is 51.5 Å². The van der Waals surface area contributed by atoms with Gasteiger partial charge >= 0.3 is 6.09 Å². The summed E-state index contributed by atoms with van der Waals surface area (Å²) in [7, 11) is 0.962. The van der Waals surface area contributed by atoms with Gasteiger partial charge in [-0.05, 0) is 125 Å².